The lowest BCUT2D eigenvalue weighted by Gasteiger charge is -2.39. The van der Waals surface area contributed by atoms with Crippen LogP contribution in [0.1, 0.15) is 37.8 Å². The van der Waals surface area contributed by atoms with Gasteiger partial charge in [-0.15, -0.1) is 0 Å². The molecule has 0 aliphatic heterocycles. The van der Waals surface area contributed by atoms with E-state index in [-0.39, 0.29) is 17.8 Å². The van der Waals surface area contributed by atoms with Crippen LogP contribution in [0, 0.1) is 11.2 Å². The van der Waals surface area contributed by atoms with Crippen LogP contribution in [0.5, 0.6) is 0 Å². The molecule has 0 bridgehead atoms. The Balaban J connectivity index is 2.06. The van der Waals surface area contributed by atoms with Crippen molar-refractivity contribution in [3.05, 3.63) is 35.6 Å². The number of nitrogens with one attached hydrogen (secondary N) is 1. The summed E-state index contributed by atoms with van der Waals surface area (Å²) in [7, 11) is 0. The Morgan fingerprint density at radius 3 is 2.67 bits per heavy atom. The van der Waals surface area contributed by atoms with Crippen molar-refractivity contribution in [2.24, 2.45) is 11.1 Å². The molecule has 1 aromatic rings. The molecular formula is C14H19FN2O. The minimum absolute atomic E-state index is 0.0491. The predicted octanol–water partition coefficient (Wildman–Crippen LogP) is 2.13. The Hall–Kier alpha value is -1.42. The van der Waals surface area contributed by atoms with Crippen molar-refractivity contribution < 1.29 is 9.18 Å². The van der Waals surface area contributed by atoms with Gasteiger partial charge in [0.2, 0.25) is 5.91 Å². The van der Waals surface area contributed by atoms with E-state index in [4.69, 9.17) is 5.73 Å². The Morgan fingerprint density at radius 2 is 2.17 bits per heavy atom. The molecule has 0 unspecified atom stereocenters. The summed E-state index contributed by atoms with van der Waals surface area (Å²) in [5.74, 6) is -0.340. The highest BCUT2D eigenvalue weighted by atomic mass is 19.1. The summed E-state index contributed by atoms with van der Waals surface area (Å²) in [6, 6.07) is 6.17. The molecule has 2 rings (SSSR count). The fourth-order valence-electron chi connectivity index (χ4n) is 2.38. The molecule has 4 heteroatoms. The highest BCUT2D eigenvalue weighted by Crippen LogP contribution is 2.40. The van der Waals surface area contributed by atoms with Crippen LogP contribution in [0.4, 0.5) is 4.39 Å². The van der Waals surface area contributed by atoms with Crippen LogP contribution in [-0.4, -0.2) is 12.5 Å². The monoisotopic (exact) mass is 250 g/mol. The van der Waals surface area contributed by atoms with E-state index < -0.39 is 5.41 Å². The first-order valence-electron chi connectivity index (χ1n) is 6.34. The average Bonchev–Trinajstić information content (AvgIpc) is 2.28. The molecule has 0 radical (unpaired) electrons. The number of hydrogen-bond donors (Lipinski definition) is 2. The lowest BCUT2D eigenvalue weighted by atomic mass is 9.68. The standard InChI is InChI=1S/C14H19FN2O/c1-10(11-5-2-3-6-12(11)15)17-13(18)14(9-16)7-4-8-14/h2-3,5-6,10H,4,7-9,16H2,1H3,(H,17,18)/t10-/m1/s1. The van der Waals surface area contributed by atoms with Gasteiger partial charge in [-0.25, -0.2) is 4.39 Å². The fourth-order valence-corrected chi connectivity index (χ4v) is 2.38. The predicted molar refractivity (Wildman–Crippen MR) is 68.3 cm³/mol. The van der Waals surface area contributed by atoms with Gasteiger partial charge in [0, 0.05) is 12.1 Å². The van der Waals surface area contributed by atoms with Gasteiger partial charge in [-0.05, 0) is 25.8 Å². The van der Waals surface area contributed by atoms with E-state index >= 15 is 0 Å². The zero-order valence-electron chi connectivity index (χ0n) is 10.6. The largest absolute Gasteiger partial charge is 0.349 e. The third kappa shape index (κ3) is 2.25. The van der Waals surface area contributed by atoms with Crippen LogP contribution in [0.2, 0.25) is 0 Å². The van der Waals surface area contributed by atoms with Gasteiger partial charge in [-0.3, -0.25) is 4.79 Å². The number of amides is 1. The molecule has 0 heterocycles. The quantitative estimate of drug-likeness (QED) is 0.860. The first-order chi connectivity index (χ1) is 8.59. The summed E-state index contributed by atoms with van der Waals surface area (Å²) in [5.41, 5.74) is 5.77. The third-order valence-electron chi connectivity index (χ3n) is 3.90. The summed E-state index contributed by atoms with van der Waals surface area (Å²) in [4.78, 5) is 12.2. The van der Waals surface area contributed by atoms with Crippen LogP contribution < -0.4 is 11.1 Å². The molecular weight excluding hydrogens is 231 g/mol. The first-order valence-corrected chi connectivity index (χ1v) is 6.34. The van der Waals surface area contributed by atoms with Crippen molar-refractivity contribution in [2.45, 2.75) is 32.2 Å². The van der Waals surface area contributed by atoms with Crippen molar-refractivity contribution >= 4 is 5.91 Å². The zero-order valence-corrected chi connectivity index (χ0v) is 10.6. The lowest BCUT2D eigenvalue weighted by molar-refractivity contribution is -0.135. The van der Waals surface area contributed by atoms with Crippen molar-refractivity contribution in [2.75, 3.05) is 6.54 Å². The highest BCUT2D eigenvalue weighted by molar-refractivity contribution is 5.84. The molecule has 1 aliphatic carbocycles. The third-order valence-corrected chi connectivity index (χ3v) is 3.90. The SMILES string of the molecule is C[C@@H](NC(=O)C1(CN)CCC1)c1ccccc1F. The molecule has 0 spiro atoms. The van der Waals surface area contributed by atoms with Gasteiger partial charge in [0.05, 0.1) is 11.5 Å². The summed E-state index contributed by atoms with van der Waals surface area (Å²) < 4.78 is 13.6. The van der Waals surface area contributed by atoms with E-state index in [1.165, 1.54) is 6.07 Å². The summed E-state index contributed by atoms with van der Waals surface area (Å²) >= 11 is 0. The maximum atomic E-state index is 13.6. The molecule has 1 aliphatic rings. The van der Waals surface area contributed by atoms with Gasteiger partial charge in [-0.2, -0.15) is 0 Å². The second-order valence-corrected chi connectivity index (χ2v) is 5.05. The molecule has 3 N–H and O–H groups in total. The van der Waals surface area contributed by atoms with Crippen molar-refractivity contribution in [3.63, 3.8) is 0 Å². The maximum Gasteiger partial charge on any atom is 0.227 e. The topological polar surface area (TPSA) is 55.1 Å². The summed E-state index contributed by atoms with van der Waals surface area (Å²) in [6.45, 7) is 2.15. The second-order valence-electron chi connectivity index (χ2n) is 5.05. The van der Waals surface area contributed by atoms with Crippen molar-refractivity contribution in [3.8, 4) is 0 Å². The number of carbonyl (C=O) groups is 1. The fraction of sp³-hybridized carbons (Fsp3) is 0.500. The zero-order chi connectivity index (χ0) is 13.2. The Kier molecular flexibility index (Phi) is 3.66. The molecule has 1 amide bonds. The molecule has 3 nitrogen and oxygen atoms in total. The van der Waals surface area contributed by atoms with Gasteiger partial charge in [0.25, 0.3) is 0 Å². The van der Waals surface area contributed by atoms with Gasteiger partial charge < -0.3 is 11.1 Å². The van der Waals surface area contributed by atoms with Crippen LogP contribution in [0.25, 0.3) is 0 Å². The smallest absolute Gasteiger partial charge is 0.227 e. The molecule has 98 valence electrons. The summed E-state index contributed by atoms with van der Waals surface area (Å²) in [6.07, 6.45) is 2.71. The maximum absolute atomic E-state index is 13.6. The van der Waals surface area contributed by atoms with Gasteiger partial charge in [0.15, 0.2) is 0 Å². The van der Waals surface area contributed by atoms with E-state index in [2.05, 4.69) is 5.32 Å². The lowest BCUT2D eigenvalue weighted by Crippen LogP contribution is -2.50. The number of rotatable bonds is 4. The minimum atomic E-state index is -0.417. The normalized spacial score (nSPS) is 18.8. The molecule has 1 fully saturated rings. The van der Waals surface area contributed by atoms with Crippen LogP contribution in [0.3, 0.4) is 0 Å². The minimum Gasteiger partial charge on any atom is -0.349 e. The van der Waals surface area contributed by atoms with Crippen molar-refractivity contribution in [1.29, 1.82) is 0 Å². The second kappa shape index (κ2) is 5.06. The van der Waals surface area contributed by atoms with Crippen LogP contribution >= 0.6 is 0 Å². The van der Waals surface area contributed by atoms with Gasteiger partial charge in [-0.1, -0.05) is 24.6 Å². The van der Waals surface area contributed by atoms with Crippen molar-refractivity contribution in [1.82, 2.24) is 5.32 Å². The Morgan fingerprint density at radius 1 is 1.50 bits per heavy atom. The molecule has 18 heavy (non-hydrogen) atoms. The Labute approximate surface area is 107 Å². The number of halogens is 1. The number of benzene rings is 1. The number of nitrogens with two attached hydrogens (primary N) is 1. The van der Waals surface area contributed by atoms with E-state index in [0.29, 0.717) is 12.1 Å². The van der Waals surface area contributed by atoms with Crippen LogP contribution in [-0.2, 0) is 4.79 Å². The molecule has 0 aromatic heterocycles. The van der Waals surface area contributed by atoms with Crippen LogP contribution in [0.15, 0.2) is 24.3 Å². The first kappa shape index (κ1) is 13.0. The number of carbonyl (C=O) groups excluding carboxylic acids is 1. The van der Waals surface area contributed by atoms with E-state index in [1.54, 1.807) is 25.1 Å². The molecule has 1 saturated carbocycles. The Bertz CT molecular complexity index is 438. The van der Waals surface area contributed by atoms with Gasteiger partial charge in [0.1, 0.15) is 5.82 Å². The summed E-state index contributed by atoms with van der Waals surface area (Å²) in [5, 5.41) is 2.87. The molecule has 1 aromatic carbocycles. The van der Waals surface area contributed by atoms with Gasteiger partial charge >= 0.3 is 0 Å². The van der Waals surface area contributed by atoms with E-state index in [1.807, 2.05) is 0 Å². The molecule has 0 saturated heterocycles. The molecule has 1 atom stereocenters. The van der Waals surface area contributed by atoms with E-state index in [9.17, 15) is 9.18 Å². The average molecular weight is 250 g/mol. The number of hydrogen-bond acceptors (Lipinski definition) is 2. The van der Waals surface area contributed by atoms with E-state index in [0.717, 1.165) is 19.3 Å². The highest BCUT2D eigenvalue weighted by Gasteiger charge is 2.43.